The van der Waals surface area contributed by atoms with Crippen LogP contribution in [0, 0.1) is 13.8 Å². The van der Waals surface area contributed by atoms with Crippen molar-refractivity contribution in [3.8, 4) is 5.75 Å². The molecule has 4 aromatic rings. The number of thiophene rings is 1. The number of nitrogens with zero attached hydrogens (tertiary/aromatic N) is 2. The number of fused-ring (bicyclic) bond motifs is 1. The highest BCUT2D eigenvalue weighted by Gasteiger charge is 2.16. The summed E-state index contributed by atoms with van der Waals surface area (Å²) in [5.74, 6) is 2.29. The van der Waals surface area contributed by atoms with Gasteiger partial charge < -0.3 is 4.74 Å². The van der Waals surface area contributed by atoms with Gasteiger partial charge in [0.15, 0.2) is 5.82 Å². The van der Waals surface area contributed by atoms with Crippen LogP contribution in [0.15, 0.2) is 53.4 Å². The molecule has 2 aromatic carbocycles. The highest BCUT2D eigenvalue weighted by atomic mass is 35.5. The molecular formula is C23H21ClN4O2S2. The van der Waals surface area contributed by atoms with Crippen LogP contribution in [0.1, 0.15) is 26.6 Å². The number of methoxy groups -OCH3 is 1. The maximum atomic E-state index is 12.6. The number of benzene rings is 2. The van der Waals surface area contributed by atoms with E-state index in [1.165, 1.54) is 4.88 Å². The topological polar surface area (TPSA) is 76.1 Å². The molecule has 0 unspecified atom stereocenters. The van der Waals surface area contributed by atoms with Crippen LogP contribution in [0.2, 0.25) is 5.02 Å². The first kappa shape index (κ1) is 22.4. The molecule has 32 heavy (non-hydrogen) atoms. The average molecular weight is 485 g/mol. The normalized spacial score (nSPS) is 10.9. The number of rotatable bonds is 7. The van der Waals surface area contributed by atoms with Gasteiger partial charge in [-0.05, 0) is 67.9 Å². The summed E-state index contributed by atoms with van der Waals surface area (Å²) >= 11 is 9.22. The number of hydrogen-bond acceptors (Lipinski definition) is 7. The van der Waals surface area contributed by atoms with E-state index in [9.17, 15) is 4.79 Å². The van der Waals surface area contributed by atoms with E-state index >= 15 is 0 Å². The maximum Gasteiger partial charge on any atom is 0.269 e. The zero-order valence-corrected chi connectivity index (χ0v) is 20.1. The minimum Gasteiger partial charge on any atom is -0.497 e. The van der Waals surface area contributed by atoms with Crippen molar-refractivity contribution < 1.29 is 9.53 Å². The Morgan fingerprint density at radius 1 is 1.09 bits per heavy atom. The van der Waals surface area contributed by atoms with Crippen molar-refractivity contribution in [2.24, 2.45) is 0 Å². The number of amides is 1. The summed E-state index contributed by atoms with van der Waals surface area (Å²) in [5.41, 5.74) is 7.38. The van der Waals surface area contributed by atoms with E-state index < -0.39 is 0 Å². The van der Waals surface area contributed by atoms with E-state index in [4.69, 9.17) is 26.3 Å². The van der Waals surface area contributed by atoms with Crippen LogP contribution in [0.5, 0.6) is 5.75 Å². The molecule has 0 aliphatic heterocycles. The largest absolute Gasteiger partial charge is 0.497 e. The first-order valence-corrected chi connectivity index (χ1v) is 12.0. The molecule has 0 radical (unpaired) electrons. The Kier molecular flexibility index (Phi) is 6.83. The molecule has 4 rings (SSSR count). The van der Waals surface area contributed by atoms with Crippen molar-refractivity contribution in [3.05, 3.63) is 75.4 Å². The van der Waals surface area contributed by atoms with Gasteiger partial charge in [-0.2, -0.15) is 0 Å². The molecule has 0 aliphatic carbocycles. The lowest BCUT2D eigenvalue weighted by Gasteiger charge is -2.11. The molecule has 0 spiro atoms. The third kappa shape index (κ3) is 4.98. The maximum absolute atomic E-state index is 12.6. The summed E-state index contributed by atoms with van der Waals surface area (Å²) in [6.45, 7) is 4.10. The quantitative estimate of drug-likeness (QED) is 0.247. The minimum absolute atomic E-state index is 0.263. The number of hydrogen-bond donors (Lipinski definition) is 2. The number of anilines is 1. The van der Waals surface area contributed by atoms with Gasteiger partial charge in [0.05, 0.1) is 18.2 Å². The van der Waals surface area contributed by atoms with Gasteiger partial charge in [0.2, 0.25) is 0 Å². The fraction of sp³-hybridized carbons (Fsp3) is 0.174. The lowest BCUT2D eigenvalue weighted by molar-refractivity contribution is 0.0962. The number of aromatic nitrogens is 2. The molecule has 0 atom stereocenters. The van der Waals surface area contributed by atoms with Gasteiger partial charge in [-0.1, -0.05) is 11.6 Å². The van der Waals surface area contributed by atoms with E-state index in [2.05, 4.69) is 17.8 Å². The van der Waals surface area contributed by atoms with Crippen LogP contribution in [0.3, 0.4) is 0 Å². The Morgan fingerprint density at radius 3 is 2.50 bits per heavy atom. The monoisotopic (exact) mass is 484 g/mol. The summed E-state index contributed by atoms with van der Waals surface area (Å²) in [5, 5.41) is 1.62. The second-order valence-corrected chi connectivity index (χ2v) is 9.69. The summed E-state index contributed by atoms with van der Waals surface area (Å²) in [6, 6.07) is 14.6. The number of nitrogens with one attached hydrogen (secondary N) is 2. The van der Waals surface area contributed by atoms with E-state index in [0.29, 0.717) is 33.7 Å². The van der Waals surface area contributed by atoms with Gasteiger partial charge in [-0.25, -0.2) is 9.97 Å². The van der Waals surface area contributed by atoms with Crippen LogP contribution in [-0.4, -0.2) is 23.0 Å². The van der Waals surface area contributed by atoms with Gasteiger partial charge >= 0.3 is 0 Å². The van der Waals surface area contributed by atoms with Crippen LogP contribution >= 0.6 is 34.7 Å². The van der Waals surface area contributed by atoms with Crippen molar-refractivity contribution in [1.82, 2.24) is 15.4 Å². The fourth-order valence-electron chi connectivity index (χ4n) is 3.06. The smallest absolute Gasteiger partial charge is 0.269 e. The molecule has 6 nitrogen and oxygen atoms in total. The second-order valence-electron chi connectivity index (χ2n) is 7.00. The Bertz CT molecular complexity index is 1260. The Balaban J connectivity index is 1.55. The molecule has 2 aromatic heterocycles. The lowest BCUT2D eigenvalue weighted by atomic mass is 10.2. The number of hydrazine groups is 1. The van der Waals surface area contributed by atoms with Gasteiger partial charge in [-0.3, -0.25) is 15.6 Å². The van der Waals surface area contributed by atoms with E-state index in [1.54, 1.807) is 54.5 Å². The molecule has 164 valence electrons. The number of carbonyl (C=O) groups excluding carboxylic acids is 1. The van der Waals surface area contributed by atoms with E-state index in [0.717, 1.165) is 20.7 Å². The fourth-order valence-corrected chi connectivity index (χ4v) is 4.99. The van der Waals surface area contributed by atoms with Crippen molar-refractivity contribution >= 4 is 56.6 Å². The molecule has 9 heteroatoms. The van der Waals surface area contributed by atoms with Gasteiger partial charge in [-0.15, -0.1) is 23.1 Å². The number of halogens is 1. The number of carbonyl (C=O) groups is 1. The molecular weight excluding hydrogens is 464 g/mol. The van der Waals surface area contributed by atoms with Crippen LogP contribution in [-0.2, 0) is 5.75 Å². The minimum atomic E-state index is -0.263. The summed E-state index contributed by atoms with van der Waals surface area (Å²) < 4.78 is 5.14. The van der Waals surface area contributed by atoms with Crippen molar-refractivity contribution in [3.63, 3.8) is 0 Å². The van der Waals surface area contributed by atoms with Crippen molar-refractivity contribution in [2.75, 3.05) is 12.5 Å². The van der Waals surface area contributed by atoms with Crippen LogP contribution in [0.25, 0.3) is 10.2 Å². The van der Waals surface area contributed by atoms with Gasteiger partial charge in [0, 0.05) is 20.4 Å². The zero-order valence-electron chi connectivity index (χ0n) is 17.7. The average Bonchev–Trinajstić information content (AvgIpc) is 3.10. The molecule has 1 amide bonds. The Hall–Kier alpha value is -2.81. The van der Waals surface area contributed by atoms with Gasteiger partial charge in [0.1, 0.15) is 16.4 Å². The van der Waals surface area contributed by atoms with Crippen molar-refractivity contribution in [2.45, 2.75) is 24.5 Å². The number of thioether (sulfide) groups is 1. The number of aryl methyl sites for hydroxylation is 2. The molecule has 0 aliphatic rings. The summed E-state index contributed by atoms with van der Waals surface area (Å²) in [4.78, 5) is 25.2. The SMILES string of the molecule is COc1ccc(C(=O)NNc2nc(CSc3ccc(Cl)cc3)nc3sc(C)c(C)c23)cc1. The van der Waals surface area contributed by atoms with E-state index in [-0.39, 0.29) is 5.91 Å². The first-order valence-electron chi connectivity index (χ1n) is 9.80. The third-order valence-electron chi connectivity index (χ3n) is 4.90. The van der Waals surface area contributed by atoms with Crippen LogP contribution < -0.4 is 15.6 Å². The zero-order chi connectivity index (χ0) is 22.7. The molecule has 0 saturated heterocycles. The molecule has 2 N–H and O–H groups in total. The molecule has 2 heterocycles. The standard InChI is InChI=1S/C23H21ClN4O2S2/c1-13-14(2)32-23-20(13)21(27-28-22(29)15-4-8-17(30-3)9-5-15)25-19(26-23)12-31-18-10-6-16(24)7-11-18/h4-11H,12H2,1-3H3,(H,28,29)(H,25,26,27). The second kappa shape index (κ2) is 9.77. The van der Waals surface area contributed by atoms with Crippen LogP contribution in [0.4, 0.5) is 5.82 Å². The highest BCUT2D eigenvalue weighted by Crippen LogP contribution is 2.34. The third-order valence-corrected chi connectivity index (χ3v) is 7.26. The van der Waals surface area contributed by atoms with Crippen molar-refractivity contribution in [1.29, 1.82) is 0 Å². The Morgan fingerprint density at radius 2 is 1.81 bits per heavy atom. The molecule has 0 bridgehead atoms. The summed E-state index contributed by atoms with van der Waals surface area (Å²) in [6.07, 6.45) is 0. The number of ether oxygens (including phenoxy) is 1. The first-order chi connectivity index (χ1) is 15.4. The lowest BCUT2D eigenvalue weighted by Crippen LogP contribution is -2.30. The molecule has 0 saturated carbocycles. The highest BCUT2D eigenvalue weighted by molar-refractivity contribution is 7.98. The Labute approximate surface area is 199 Å². The predicted octanol–water partition coefficient (Wildman–Crippen LogP) is 6.02. The van der Waals surface area contributed by atoms with Gasteiger partial charge in [0.25, 0.3) is 5.91 Å². The van der Waals surface area contributed by atoms with E-state index in [1.807, 2.05) is 31.2 Å². The summed E-state index contributed by atoms with van der Waals surface area (Å²) in [7, 11) is 1.59. The molecule has 0 fully saturated rings. The predicted molar refractivity (Wildman–Crippen MR) is 132 cm³/mol.